The van der Waals surface area contributed by atoms with Crippen molar-refractivity contribution in [1.29, 1.82) is 0 Å². The van der Waals surface area contributed by atoms with E-state index in [9.17, 15) is 9.59 Å². The molecule has 1 aliphatic rings. The molecule has 104 valence electrons. The minimum absolute atomic E-state index is 0.130. The van der Waals surface area contributed by atoms with Gasteiger partial charge in [0.1, 0.15) is 5.56 Å². The summed E-state index contributed by atoms with van der Waals surface area (Å²) in [5, 5.41) is 0. The van der Waals surface area contributed by atoms with E-state index in [4.69, 9.17) is 5.84 Å². The Kier molecular flexibility index (Phi) is 4.01. The van der Waals surface area contributed by atoms with Gasteiger partial charge in [0.2, 0.25) is 0 Å². The average Bonchev–Trinajstić information content (AvgIpc) is 2.40. The molecule has 0 saturated heterocycles. The molecule has 0 aliphatic carbocycles. The van der Waals surface area contributed by atoms with Gasteiger partial charge in [-0.2, -0.15) is 0 Å². The van der Waals surface area contributed by atoms with E-state index in [1.165, 1.54) is 0 Å². The van der Waals surface area contributed by atoms with Gasteiger partial charge in [0.25, 0.3) is 11.5 Å². The number of rotatable bonds is 3. The zero-order chi connectivity index (χ0) is 14.0. The van der Waals surface area contributed by atoms with Crippen molar-refractivity contribution in [2.24, 2.45) is 5.84 Å². The van der Waals surface area contributed by atoms with Crippen LogP contribution in [0.5, 0.6) is 0 Å². The van der Waals surface area contributed by atoms with E-state index in [0.29, 0.717) is 6.54 Å². The largest absolute Gasteiger partial charge is 0.312 e. The number of nitrogen functional groups attached to an aromatic ring is 1. The van der Waals surface area contributed by atoms with E-state index >= 15 is 0 Å². The first kappa shape index (κ1) is 13.8. The molecule has 2 rings (SSSR count). The maximum Gasteiger partial charge on any atom is 0.270 e. The van der Waals surface area contributed by atoms with Crippen LogP contribution in [0.2, 0.25) is 0 Å². The summed E-state index contributed by atoms with van der Waals surface area (Å²) in [6.45, 7) is 4.34. The van der Waals surface area contributed by atoms with Gasteiger partial charge >= 0.3 is 0 Å². The number of hydrogen-bond acceptors (Lipinski definition) is 4. The second kappa shape index (κ2) is 5.54. The highest BCUT2D eigenvalue weighted by atomic mass is 16.2. The second-order valence-corrected chi connectivity index (χ2v) is 4.95. The van der Waals surface area contributed by atoms with Crippen molar-refractivity contribution in [1.82, 2.24) is 14.9 Å². The van der Waals surface area contributed by atoms with Crippen LogP contribution < -0.4 is 16.8 Å². The molecule has 1 amide bonds. The van der Waals surface area contributed by atoms with Crippen LogP contribution in [0.25, 0.3) is 0 Å². The number of amides is 1. The average molecular weight is 264 g/mol. The summed E-state index contributed by atoms with van der Waals surface area (Å²) in [5.74, 6) is 4.62. The number of hydrogen-bond donors (Lipinski definition) is 2. The van der Waals surface area contributed by atoms with Crippen molar-refractivity contribution in [2.45, 2.75) is 32.9 Å². The number of fused-ring (bicyclic) bond motifs is 1. The van der Waals surface area contributed by atoms with Crippen molar-refractivity contribution in [2.75, 3.05) is 13.6 Å². The number of nitrogens with one attached hydrogen (secondary N) is 1. The molecular formula is C13H20N4O2. The molecule has 6 heteroatoms. The van der Waals surface area contributed by atoms with Gasteiger partial charge in [-0.15, -0.1) is 0 Å². The first-order valence-corrected chi connectivity index (χ1v) is 6.53. The lowest BCUT2D eigenvalue weighted by Gasteiger charge is -2.28. The fourth-order valence-electron chi connectivity index (χ4n) is 2.56. The van der Waals surface area contributed by atoms with Gasteiger partial charge < -0.3 is 9.47 Å². The van der Waals surface area contributed by atoms with Crippen molar-refractivity contribution in [3.8, 4) is 0 Å². The Morgan fingerprint density at radius 2 is 2.26 bits per heavy atom. The molecule has 2 heterocycles. The van der Waals surface area contributed by atoms with E-state index in [1.807, 2.05) is 19.4 Å². The first-order chi connectivity index (χ1) is 9.08. The van der Waals surface area contributed by atoms with Gasteiger partial charge in [-0.05, 0) is 25.1 Å². The Morgan fingerprint density at radius 3 is 2.89 bits per heavy atom. The molecule has 0 unspecified atom stereocenters. The van der Waals surface area contributed by atoms with E-state index in [2.05, 4.69) is 4.90 Å². The smallest absolute Gasteiger partial charge is 0.270 e. The van der Waals surface area contributed by atoms with Gasteiger partial charge in [0.15, 0.2) is 0 Å². The highest BCUT2D eigenvalue weighted by Gasteiger charge is 2.22. The quantitative estimate of drug-likeness (QED) is 0.452. The van der Waals surface area contributed by atoms with Crippen molar-refractivity contribution in [3.63, 3.8) is 0 Å². The lowest BCUT2D eigenvalue weighted by molar-refractivity contribution is 0.0951. The normalized spacial score (nSPS) is 15.1. The minimum atomic E-state index is -0.522. The Labute approximate surface area is 112 Å². The standard InChI is InChI=1S/C13H20N4O2/c1-3-5-17-11-4-6-16(2)8-9(11)7-10(13(17)19)12(18)15-14/h7H,3-6,8,14H2,1-2H3,(H,15,18). The molecular weight excluding hydrogens is 244 g/mol. The van der Waals surface area contributed by atoms with Crippen LogP contribution in [0.4, 0.5) is 0 Å². The van der Waals surface area contributed by atoms with Crippen LogP contribution in [0, 0.1) is 0 Å². The van der Waals surface area contributed by atoms with Crippen LogP contribution in [0.1, 0.15) is 35.0 Å². The number of carbonyl (C=O) groups is 1. The van der Waals surface area contributed by atoms with Gasteiger partial charge in [-0.3, -0.25) is 15.0 Å². The molecule has 0 bridgehead atoms. The Hall–Kier alpha value is -1.66. The number of aromatic nitrogens is 1. The molecule has 6 nitrogen and oxygen atoms in total. The van der Waals surface area contributed by atoms with E-state index < -0.39 is 5.91 Å². The number of nitrogens with two attached hydrogens (primary N) is 1. The molecule has 3 N–H and O–H groups in total. The molecule has 0 saturated carbocycles. The third kappa shape index (κ3) is 2.54. The molecule has 1 aromatic heterocycles. The molecule has 0 spiro atoms. The SMILES string of the molecule is CCCn1c2c(cc(C(=O)NN)c1=O)CN(C)CC2. The number of nitrogens with zero attached hydrogens (tertiary/aromatic N) is 2. The lowest BCUT2D eigenvalue weighted by atomic mass is 10.0. The third-order valence-corrected chi connectivity index (χ3v) is 3.48. The van der Waals surface area contributed by atoms with Crippen molar-refractivity contribution >= 4 is 5.91 Å². The molecule has 0 aromatic carbocycles. The topological polar surface area (TPSA) is 80.4 Å². The lowest BCUT2D eigenvalue weighted by Crippen LogP contribution is -2.40. The Morgan fingerprint density at radius 1 is 1.53 bits per heavy atom. The predicted molar refractivity (Wildman–Crippen MR) is 72.7 cm³/mol. The summed E-state index contributed by atoms with van der Waals surface area (Å²) in [6.07, 6.45) is 1.70. The Balaban J connectivity index is 2.60. The van der Waals surface area contributed by atoms with Gasteiger partial charge in [-0.25, -0.2) is 5.84 Å². The van der Waals surface area contributed by atoms with E-state index in [0.717, 1.165) is 37.2 Å². The second-order valence-electron chi connectivity index (χ2n) is 4.95. The van der Waals surface area contributed by atoms with Crippen LogP contribution >= 0.6 is 0 Å². The fraction of sp³-hybridized carbons (Fsp3) is 0.538. The summed E-state index contributed by atoms with van der Waals surface area (Å²) in [7, 11) is 2.03. The number of pyridine rings is 1. The molecule has 19 heavy (non-hydrogen) atoms. The zero-order valence-corrected chi connectivity index (χ0v) is 11.4. The summed E-state index contributed by atoms with van der Waals surface area (Å²) in [4.78, 5) is 26.2. The zero-order valence-electron chi connectivity index (χ0n) is 11.4. The maximum atomic E-state index is 12.3. The highest BCUT2D eigenvalue weighted by molar-refractivity contribution is 5.93. The summed E-state index contributed by atoms with van der Waals surface area (Å²) < 4.78 is 1.73. The Bertz CT molecular complexity index is 550. The van der Waals surface area contributed by atoms with E-state index in [-0.39, 0.29) is 11.1 Å². The molecule has 0 fully saturated rings. The summed E-state index contributed by atoms with van der Waals surface area (Å²) in [5.41, 5.74) is 4.03. The molecule has 1 aliphatic heterocycles. The van der Waals surface area contributed by atoms with Gasteiger partial charge in [0.05, 0.1) is 0 Å². The van der Waals surface area contributed by atoms with E-state index in [1.54, 1.807) is 10.6 Å². The van der Waals surface area contributed by atoms with Crippen molar-refractivity contribution in [3.05, 3.63) is 33.2 Å². The van der Waals surface area contributed by atoms with Crippen LogP contribution in [-0.4, -0.2) is 29.0 Å². The van der Waals surface area contributed by atoms with Crippen LogP contribution in [0.15, 0.2) is 10.9 Å². The van der Waals surface area contributed by atoms with Crippen molar-refractivity contribution < 1.29 is 4.79 Å². The summed E-state index contributed by atoms with van der Waals surface area (Å²) in [6, 6.07) is 1.68. The predicted octanol–water partition coefficient (Wildman–Crippen LogP) is -0.150. The minimum Gasteiger partial charge on any atom is -0.312 e. The number of carbonyl (C=O) groups excluding carboxylic acids is 1. The summed E-state index contributed by atoms with van der Waals surface area (Å²) >= 11 is 0. The van der Waals surface area contributed by atoms with Crippen LogP contribution in [-0.2, 0) is 19.5 Å². The maximum absolute atomic E-state index is 12.3. The van der Waals surface area contributed by atoms with Crippen LogP contribution in [0.3, 0.4) is 0 Å². The molecule has 0 atom stereocenters. The fourth-order valence-corrected chi connectivity index (χ4v) is 2.56. The number of likely N-dealkylation sites (N-methyl/N-ethyl adjacent to an activating group) is 1. The number of hydrazine groups is 1. The molecule has 0 radical (unpaired) electrons. The third-order valence-electron chi connectivity index (χ3n) is 3.48. The van der Waals surface area contributed by atoms with Gasteiger partial charge in [-0.1, -0.05) is 6.92 Å². The van der Waals surface area contributed by atoms with Gasteiger partial charge in [0, 0.05) is 31.7 Å². The monoisotopic (exact) mass is 264 g/mol. The molecule has 1 aromatic rings. The highest BCUT2D eigenvalue weighted by Crippen LogP contribution is 2.18. The first-order valence-electron chi connectivity index (χ1n) is 6.53.